The van der Waals surface area contributed by atoms with Crippen LogP contribution in [0.25, 0.3) is 11.1 Å². The normalized spacial score (nSPS) is 21.8. The van der Waals surface area contributed by atoms with Crippen molar-refractivity contribution in [2.45, 2.75) is 44.9 Å². The van der Waals surface area contributed by atoms with Gasteiger partial charge in [0.15, 0.2) is 11.5 Å². The molecule has 1 amide bonds. The Balaban J connectivity index is 1.46. The van der Waals surface area contributed by atoms with Gasteiger partial charge in [-0.15, -0.1) is 0 Å². The van der Waals surface area contributed by atoms with Gasteiger partial charge >= 0.3 is 0 Å². The fraction of sp³-hybridized carbons (Fsp3) is 0.429. The van der Waals surface area contributed by atoms with Crippen LogP contribution in [0.1, 0.15) is 52.6 Å². The maximum Gasteiger partial charge on any atom is 0.254 e. The van der Waals surface area contributed by atoms with Crippen molar-refractivity contribution in [1.82, 2.24) is 19.9 Å². The van der Waals surface area contributed by atoms with E-state index in [1.54, 1.807) is 0 Å². The molecule has 1 saturated heterocycles. The average molecular weight is 362 g/mol. The van der Waals surface area contributed by atoms with Crippen LogP contribution < -0.4 is 0 Å². The zero-order valence-corrected chi connectivity index (χ0v) is 15.7. The van der Waals surface area contributed by atoms with Crippen molar-refractivity contribution < 1.29 is 9.21 Å². The number of aryl methyl sites for hydroxylation is 3. The first-order valence-corrected chi connectivity index (χ1v) is 9.54. The van der Waals surface area contributed by atoms with Gasteiger partial charge in [0.05, 0.1) is 5.69 Å². The summed E-state index contributed by atoms with van der Waals surface area (Å²) >= 11 is 0. The maximum absolute atomic E-state index is 13.2. The van der Waals surface area contributed by atoms with Gasteiger partial charge in [-0.2, -0.15) is 0 Å². The largest absolute Gasteiger partial charge is 0.441 e. The summed E-state index contributed by atoms with van der Waals surface area (Å²) in [6.45, 7) is 5.26. The van der Waals surface area contributed by atoms with E-state index >= 15 is 0 Å². The fourth-order valence-corrected chi connectivity index (χ4v) is 4.69. The molecule has 27 heavy (non-hydrogen) atoms. The number of piperidine rings is 1. The lowest BCUT2D eigenvalue weighted by Crippen LogP contribution is -2.48. The Bertz CT molecular complexity index is 1050. The molecule has 2 aromatic heterocycles. The Morgan fingerprint density at radius 1 is 1.22 bits per heavy atom. The SMILES string of the molecule is Cc1ncc2c(n1)C1(CCCN(C(=O)c3ccc4nc(C)oc4c3)C1)CC2. The molecule has 0 bridgehead atoms. The topological polar surface area (TPSA) is 72.1 Å². The summed E-state index contributed by atoms with van der Waals surface area (Å²) in [5, 5.41) is 0. The van der Waals surface area contributed by atoms with E-state index in [0.717, 1.165) is 55.8 Å². The molecule has 1 atom stereocenters. The van der Waals surface area contributed by atoms with E-state index in [-0.39, 0.29) is 11.3 Å². The number of likely N-dealkylation sites (tertiary alicyclic amines) is 1. The van der Waals surface area contributed by atoms with Crippen LogP contribution in [0.2, 0.25) is 0 Å². The summed E-state index contributed by atoms with van der Waals surface area (Å²) in [4.78, 5) is 28.6. The van der Waals surface area contributed by atoms with Gasteiger partial charge in [-0.3, -0.25) is 4.79 Å². The molecule has 1 aliphatic carbocycles. The predicted octanol–water partition coefficient (Wildman–Crippen LogP) is 3.35. The summed E-state index contributed by atoms with van der Waals surface area (Å²) in [5.74, 6) is 1.48. The smallest absolute Gasteiger partial charge is 0.254 e. The zero-order valence-electron chi connectivity index (χ0n) is 15.7. The highest BCUT2D eigenvalue weighted by Crippen LogP contribution is 2.44. The van der Waals surface area contributed by atoms with Gasteiger partial charge in [-0.05, 0) is 56.4 Å². The zero-order chi connectivity index (χ0) is 18.6. The number of oxazole rings is 1. The standard InChI is InChI=1S/C21H22N4O2/c1-13-22-11-16-6-8-21(19(16)23-13)7-3-9-25(12-21)20(26)15-4-5-17-18(10-15)27-14(2)24-17/h4-5,10-11H,3,6-9,12H2,1-2H3. The number of carbonyl (C=O) groups is 1. The predicted molar refractivity (Wildman–Crippen MR) is 101 cm³/mol. The third-order valence-electron chi connectivity index (χ3n) is 5.97. The lowest BCUT2D eigenvalue weighted by Gasteiger charge is -2.40. The second-order valence-corrected chi connectivity index (χ2v) is 7.82. The Labute approximate surface area is 157 Å². The molecule has 1 unspecified atom stereocenters. The van der Waals surface area contributed by atoms with Crippen LogP contribution in [0.15, 0.2) is 28.8 Å². The number of carbonyl (C=O) groups excluding carboxylic acids is 1. The average Bonchev–Trinajstić information content (AvgIpc) is 3.20. The Morgan fingerprint density at radius 2 is 2.11 bits per heavy atom. The molecular weight excluding hydrogens is 340 g/mol. The van der Waals surface area contributed by atoms with Crippen LogP contribution in [0.5, 0.6) is 0 Å². The monoisotopic (exact) mass is 362 g/mol. The molecule has 0 N–H and O–H groups in total. The van der Waals surface area contributed by atoms with E-state index in [2.05, 4.69) is 9.97 Å². The molecule has 138 valence electrons. The summed E-state index contributed by atoms with van der Waals surface area (Å²) in [5.41, 5.74) is 4.50. The highest BCUT2D eigenvalue weighted by molar-refractivity contribution is 5.97. The quantitative estimate of drug-likeness (QED) is 0.664. The molecule has 1 spiro atoms. The van der Waals surface area contributed by atoms with Crippen LogP contribution >= 0.6 is 0 Å². The van der Waals surface area contributed by atoms with E-state index in [0.29, 0.717) is 17.0 Å². The molecular formula is C21H22N4O2. The lowest BCUT2D eigenvalue weighted by molar-refractivity contribution is 0.0633. The van der Waals surface area contributed by atoms with Gasteiger partial charge in [0.1, 0.15) is 11.3 Å². The molecule has 5 rings (SSSR count). The highest BCUT2D eigenvalue weighted by Gasteiger charge is 2.44. The van der Waals surface area contributed by atoms with Crippen LogP contribution in [0.3, 0.4) is 0 Å². The molecule has 6 nitrogen and oxygen atoms in total. The summed E-state index contributed by atoms with van der Waals surface area (Å²) in [6.07, 6.45) is 6.09. The number of nitrogens with zero attached hydrogens (tertiary/aromatic N) is 4. The lowest BCUT2D eigenvalue weighted by atomic mass is 9.77. The van der Waals surface area contributed by atoms with Gasteiger partial charge in [-0.1, -0.05) is 0 Å². The molecule has 1 fully saturated rings. The van der Waals surface area contributed by atoms with Crippen molar-refractivity contribution in [1.29, 1.82) is 0 Å². The van der Waals surface area contributed by atoms with E-state index < -0.39 is 0 Å². The first-order valence-electron chi connectivity index (χ1n) is 9.54. The first-order chi connectivity index (χ1) is 13.0. The number of hydrogen-bond acceptors (Lipinski definition) is 5. The van der Waals surface area contributed by atoms with Gasteiger partial charge in [0.2, 0.25) is 0 Å². The summed E-state index contributed by atoms with van der Waals surface area (Å²) in [6, 6.07) is 5.52. The highest BCUT2D eigenvalue weighted by atomic mass is 16.3. The van der Waals surface area contributed by atoms with E-state index in [9.17, 15) is 4.79 Å². The van der Waals surface area contributed by atoms with Gasteiger partial charge in [-0.25, -0.2) is 15.0 Å². The molecule has 2 aliphatic rings. The van der Waals surface area contributed by atoms with Gasteiger partial charge in [0, 0.05) is 37.2 Å². The molecule has 1 aliphatic heterocycles. The van der Waals surface area contributed by atoms with Crippen molar-refractivity contribution in [2.24, 2.45) is 0 Å². The fourth-order valence-electron chi connectivity index (χ4n) is 4.69. The maximum atomic E-state index is 13.2. The van der Waals surface area contributed by atoms with Crippen LogP contribution in [0.4, 0.5) is 0 Å². The van der Waals surface area contributed by atoms with Crippen LogP contribution in [-0.2, 0) is 11.8 Å². The third kappa shape index (κ3) is 2.62. The van der Waals surface area contributed by atoms with Crippen molar-refractivity contribution in [3.05, 3.63) is 52.9 Å². The van der Waals surface area contributed by atoms with Crippen molar-refractivity contribution in [3.63, 3.8) is 0 Å². The van der Waals surface area contributed by atoms with E-state index in [1.807, 2.05) is 43.1 Å². The number of amides is 1. The number of fused-ring (bicyclic) bond motifs is 3. The second kappa shape index (κ2) is 5.87. The van der Waals surface area contributed by atoms with Crippen molar-refractivity contribution in [2.75, 3.05) is 13.1 Å². The number of hydrogen-bond donors (Lipinski definition) is 0. The summed E-state index contributed by atoms with van der Waals surface area (Å²) in [7, 11) is 0. The number of aromatic nitrogens is 3. The minimum absolute atomic E-state index is 0.0239. The van der Waals surface area contributed by atoms with Crippen molar-refractivity contribution >= 4 is 17.0 Å². The van der Waals surface area contributed by atoms with Crippen LogP contribution in [-0.4, -0.2) is 38.8 Å². The second-order valence-electron chi connectivity index (χ2n) is 7.82. The van der Waals surface area contributed by atoms with Gasteiger partial charge in [0.25, 0.3) is 5.91 Å². The first kappa shape index (κ1) is 16.4. The molecule has 3 heterocycles. The third-order valence-corrected chi connectivity index (χ3v) is 5.97. The molecule has 0 saturated carbocycles. The van der Waals surface area contributed by atoms with E-state index in [4.69, 9.17) is 9.40 Å². The number of benzene rings is 1. The minimum Gasteiger partial charge on any atom is -0.441 e. The van der Waals surface area contributed by atoms with Crippen molar-refractivity contribution in [3.8, 4) is 0 Å². The Hall–Kier alpha value is -2.76. The van der Waals surface area contributed by atoms with Crippen LogP contribution in [0, 0.1) is 13.8 Å². The Morgan fingerprint density at radius 3 is 3.00 bits per heavy atom. The molecule has 0 radical (unpaired) electrons. The summed E-state index contributed by atoms with van der Waals surface area (Å²) < 4.78 is 5.60. The van der Waals surface area contributed by atoms with E-state index in [1.165, 1.54) is 5.56 Å². The molecule has 6 heteroatoms. The Kier molecular flexibility index (Phi) is 3.57. The number of rotatable bonds is 1. The minimum atomic E-state index is -0.0239. The van der Waals surface area contributed by atoms with Gasteiger partial charge < -0.3 is 9.32 Å². The molecule has 1 aromatic carbocycles. The molecule has 3 aromatic rings.